The molecule has 2 amide bonds. The molecule has 0 aliphatic carbocycles. The van der Waals surface area contributed by atoms with Crippen molar-refractivity contribution in [2.45, 2.75) is 13.5 Å². The smallest absolute Gasteiger partial charge is 0.262 e. The topological polar surface area (TPSA) is 96.0 Å². The number of amides is 2. The van der Waals surface area contributed by atoms with E-state index in [0.29, 0.717) is 45.5 Å². The number of para-hydroxylation sites is 1. The van der Waals surface area contributed by atoms with E-state index in [1.54, 1.807) is 61.5 Å². The highest BCUT2D eigenvalue weighted by Gasteiger charge is 2.15. The number of anilines is 2. The summed E-state index contributed by atoms with van der Waals surface area (Å²) in [5.41, 5.74) is 2.85. The van der Waals surface area contributed by atoms with Gasteiger partial charge in [-0.25, -0.2) is 0 Å². The minimum atomic E-state index is -0.375. The number of rotatable bonds is 6. The first-order chi connectivity index (χ1) is 16.4. The van der Waals surface area contributed by atoms with Gasteiger partial charge in [-0.3, -0.25) is 19.0 Å². The summed E-state index contributed by atoms with van der Waals surface area (Å²) in [4.78, 5) is 41.4. The van der Waals surface area contributed by atoms with Gasteiger partial charge in [0.1, 0.15) is 0 Å². The van der Waals surface area contributed by atoms with E-state index in [0.717, 1.165) is 0 Å². The third-order valence-corrected chi connectivity index (χ3v) is 5.74. The molecule has 1 aromatic heterocycles. The first kappa shape index (κ1) is 22.9. The molecular weight excluding hydrogens is 448 g/mol. The highest BCUT2D eigenvalue weighted by molar-refractivity contribution is 7.71. The zero-order valence-corrected chi connectivity index (χ0v) is 19.2. The fourth-order valence-electron chi connectivity index (χ4n) is 3.62. The Labute approximate surface area is 200 Å². The van der Waals surface area contributed by atoms with Gasteiger partial charge in [-0.1, -0.05) is 30.3 Å². The molecular formula is C26H22N4O3S. The van der Waals surface area contributed by atoms with Gasteiger partial charge in [-0.05, 0) is 67.2 Å². The van der Waals surface area contributed by atoms with Crippen molar-refractivity contribution in [3.63, 3.8) is 0 Å². The molecule has 0 saturated heterocycles. The third-order valence-electron chi connectivity index (χ3n) is 5.41. The van der Waals surface area contributed by atoms with Crippen LogP contribution in [0, 0.1) is 11.7 Å². The number of fused-ring (bicyclic) bond motifs is 1. The molecule has 0 radical (unpaired) electrons. The molecule has 0 aliphatic rings. The van der Waals surface area contributed by atoms with Crippen molar-refractivity contribution in [1.29, 1.82) is 0 Å². The molecule has 0 saturated carbocycles. The average molecular weight is 471 g/mol. The number of allylic oxidation sites excluding steroid dienone is 1. The Morgan fingerprint density at radius 3 is 2.53 bits per heavy atom. The van der Waals surface area contributed by atoms with Gasteiger partial charge in [-0.2, -0.15) is 0 Å². The Kier molecular flexibility index (Phi) is 6.51. The van der Waals surface area contributed by atoms with E-state index < -0.39 is 0 Å². The molecule has 0 atom stereocenters. The molecule has 0 unspecified atom stereocenters. The Morgan fingerprint density at radius 2 is 1.79 bits per heavy atom. The zero-order chi connectivity index (χ0) is 24.2. The highest BCUT2D eigenvalue weighted by atomic mass is 32.1. The van der Waals surface area contributed by atoms with Crippen molar-refractivity contribution in [2.75, 3.05) is 10.6 Å². The second-order valence-electron chi connectivity index (χ2n) is 7.65. The number of aromatic amines is 1. The van der Waals surface area contributed by atoms with Crippen LogP contribution in [-0.4, -0.2) is 21.4 Å². The monoisotopic (exact) mass is 470 g/mol. The van der Waals surface area contributed by atoms with Crippen molar-refractivity contribution in [2.24, 2.45) is 0 Å². The number of carbonyl (C=O) groups is 2. The van der Waals surface area contributed by atoms with Crippen LogP contribution in [0.25, 0.3) is 10.9 Å². The molecule has 170 valence electrons. The predicted octanol–water partition coefficient (Wildman–Crippen LogP) is 5.06. The van der Waals surface area contributed by atoms with Crippen LogP contribution in [0.4, 0.5) is 11.4 Å². The fourth-order valence-corrected chi connectivity index (χ4v) is 3.89. The maximum atomic E-state index is 13.0. The highest BCUT2D eigenvalue weighted by Crippen LogP contribution is 2.22. The van der Waals surface area contributed by atoms with E-state index in [-0.39, 0.29) is 22.1 Å². The predicted molar refractivity (Wildman–Crippen MR) is 137 cm³/mol. The molecule has 0 fully saturated rings. The summed E-state index contributed by atoms with van der Waals surface area (Å²) in [7, 11) is 0. The number of benzene rings is 3. The van der Waals surface area contributed by atoms with Gasteiger partial charge in [0, 0.05) is 29.0 Å². The van der Waals surface area contributed by atoms with Crippen LogP contribution >= 0.6 is 12.2 Å². The summed E-state index contributed by atoms with van der Waals surface area (Å²) in [5, 5.41) is 6.13. The lowest BCUT2D eigenvalue weighted by Gasteiger charge is -2.13. The summed E-state index contributed by atoms with van der Waals surface area (Å²) in [6, 6.07) is 19.0. The standard InChI is InChI=1S/C26H22N4O3S/c1-3-14-30-25(33)20-13-12-17(15-22(20)29-26(30)34)23(31)28-21-11-7-10-19(16(21)2)24(32)27-18-8-5-4-6-9-18/h3-13,15H,1,14H2,2H3,(H,27,32)(H,28,31)(H,29,34). The van der Waals surface area contributed by atoms with Gasteiger partial charge in [0.25, 0.3) is 17.4 Å². The van der Waals surface area contributed by atoms with Crippen LogP contribution in [0.1, 0.15) is 26.3 Å². The van der Waals surface area contributed by atoms with Crippen LogP contribution in [0.15, 0.2) is 84.2 Å². The van der Waals surface area contributed by atoms with Crippen molar-refractivity contribution < 1.29 is 9.59 Å². The third kappa shape index (κ3) is 4.57. The van der Waals surface area contributed by atoms with E-state index in [1.165, 1.54) is 4.57 Å². The molecule has 3 N–H and O–H groups in total. The van der Waals surface area contributed by atoms with E-state index in [4.69, 9.17) is 12.2 Å². The first-order valence-electron chi connectivity index (χ1n) is 10.5. The van der Waals surface area contributed by atoms with Gasteiger partial charge in [0.05, 0.1) is 10.9 Å². The molecule has 8 heteroatoms. The Bertz CT molecular complexity index is 1540. The SMILES string of the molecule is C=CCn1c(=S)[nH]c2cc(C(=O)Nc3cccc(C(=O)Nc4ccccc4)c3C)ccc2c1=O. The quantitative estimate of drug-likeness (QED) is 0.271. The van der Waals surface area contributed by atoms with Crippen molar-refractivity contribution in [3.05, 3.63) is 111 Å². The lowest BCUT2D eigenvalue weighted by Crippen LogP contribution is -2.22. The maximum Gasteiger partial charge on any atom is 0.262 e. The summed E-state index contributed by atoms with van der Waals surface area (Å²) >= 11 is 5.27. The largest absolute Gasteiger partial charge is 0.332 e. The molecule has 0 aliphatic heterocycles. The van der Waals surface area contributed by atoms with Crippen molar-refractivity contribution in [1.82, 2.24) is 9.55 Å². The van der Waals surface area contributed by atoms with E-state index in [9.17, 15) is 14.4 Å². The minimum Gasteiger partial charge on any atom is -0.332 e. The van der Waals surface area contributed by atoms with Crippen LogP contribution in [0.3, 0.4) is 0 Å². The van der Waals surface area contributed by atoms with Gasteiger partial charge in [-0.15, -0.1) is 6.58 Å². The Balaban J connectivity index is 1.60. The number of nitrogens with one attached hydrogen (secondary N) is 3. The summed E-state index contributed by atoms with van der Waals surface area (Å²) < 4.78 is 1.66. The summed E-state index contributed by atoms with van der Waals surface area (Å²) in [6.45, 7) is 5.71. The van der Waals surface area contributed by atoms with Crippen LogP contribution in [0.2, 0.25) is 0 Å². The number of hydrogen-bond acceptors (Lipinski definition) is 4. The number of nitrogens with zero attached hydrogens (tertiary/aromatic N) is 1. The molecule has 4 rings (SSSR count). The summed E-state index contributed by atoms with van der Waals surface area (Å²) in [5.74, 6) is -0.644. The van der Waals surface area contributed by atoms with Crippen molar-refractivity contribution >= 4 is 46.3 Å². The molecule has 34 heavy (non-hydrogen) atoms. The van der Waals surface area contributed by atoms with Crippen LogP contribution in [0.5, 0.6) is 0 Å². The zero-order valence-electron chi connectivity index (χ0n) is 18.4. The Hall–Kier alpha value is -4.30. The molecule has 0 bridgehead atoms. The molecule has 1 heterocycles. The van der Waals surface area contributed by atoms with Crippen LogP contribution < -0.4 is 16.2 Å². The molecule has 3 aromatic carbocycles. The number of H-pyrrole nitrogens is 1. The van der Waals surface area contributed by atoms with E-state index >= 15 is 0 Å². The lowest BCUT2D eigenvalue weighted by molar-refractivity contribution is 0.101. The van der Waals surface area contributed by atoms with Gasteiger partial charge in [0.15, 0.2) is 4.77 Å². The van der Waals surface area contributed by atoms with E-state index in [1.807, 2.05) is 18.2 Å². The minimum absolute atomic E-state index is 0.251. The second kappa shape index (κ2) is 9.68. The number of hydrogen-bond donors (Lipinski definition) is 3. The first-order valence-corrected chi connectivity index (χ1v) is 10.9. The Morgan fingerprint density at radius 1 is 1.03 bits per heavy atom. The van der Waals surface area contributed by atoms with Gasteiger partial charge in [0.2, 0.25) is 0 Å². The van der Waals surface area contributed by atoms with Crippen molar-refractivity contribution in [3.8, 4) is 0 Å². The number of carbonyl (C=O) groups excluding carboxylic acids is 2. The molecule has 7 nitrogen and oxygen atoms in total. The second-order valence-corrected chi connectivity index (χ2v) is 8.03. The van der Waals surface area contributed by atoms with E-state index in [2.05, 4.69) is 22.2 Å². The molecule has 0 spiro atoms. The molecule has 4 aromatic rings. The fraction of sp³-hybridized carbons (Fsp3) is 0.0769. The van der Waals surface area contributed by atoms with Crippen LogP contribution in [-0.2, 0) is 6.54 Å². The normalized spacial score (nSPS) is 10.6. The lowest BCUT2D eigenvalue weighted by atomic mass is 10.0. The average Bonchev–Trinajstić information content (AvgIpc) is 2.83. The van der Waals surface area contributed by atoms with Gasteiger partial charge >= 0.3 is 0 Å². The summed E-state index contributed by atoms with van der Waals surface area (Å²) in [6.07, 6.45) is 1.59. The van der Waals surface area contributed by atoms with Gasteiger partial charge < -0.3 is 15.6 Å². The number of aromatic nitrogens is 2. The maximum absolute atomic E-state index is 13.0.